The van der Waals surface area contributed by atoms with Gasteiger partial charge in [0.15, 0.2) is 0 Å². The third kappa shape index (κ3) is 2.92. The number of nitrogens with one attached hydrogen (secondary N) is 1. The molecule has 4 aliphatic rings. The van der Waals surface area contributed by atoms with Crippen LogP contribution in [0.25, 0.3) is 0 Å². The molecule has 3 amide bonds. The van der Waals surface area contributed by atoms with E-state index in [1.54, 1.807) is 0 Å². The number of aryl methyl sites for hydroxylation is 2. The van der Waals surface area contributed by atoms with Crippen molar-refractivity contribution in [1.82, 2.24) is 4.90 Å². The van der Waals surface area contributed by atoms with Gasteiger partial charge >= 0.3 is 0 Å². The van der Waals surface area contributed by atoms with E-state index >= 15 is 0 Å². The summed E-state index contributed by atoms with van der Waals surface area (Å²) in [6.45, 7) is 3.38. The third-order valence-electron chi connectivity index (χ3n) is 7.76. The molecule has 182 valence electrons. The SMILES string of the molecule is Cc1cc(NC(=O)CN2C(=O)[C@H]3[C@H](C2=O)C2(Cl)c4ccccc4C3(Cl)c3ccccc32)c(C)cc1Br. The summed E-state index contributed by atoms with van der Waals surface area (Å²) >= 11 is 18.3. The highest BCUT2D eigenvalue weighted by molar-refractivity contribution is 9.10. The Bertz CT molecular complexity index is 1380. The van der Waals surface area contributed by atoms with Gasteiger partial charge in [0.1, 0.15) is 16.3 Å². The zero-order chi connectivity index (χ0) is 25.6. The first-order valence-corrected chi connectivity index (χ1v) is 13.1. The molecule has 5 nitrogen and oxygen atoms in total. The van der Waals surface area contributed by atoms with Crippen LogP contribution in [-0.2, 0) is 24.1 Å². The maximum atomic E-state index is 13.8. The smallest absolute Gasteiger partial charge is 0.244 e. The summed E-state index contributed by atoms with van der Waals surface area (Å²) in [5.41, 5.74) is 5.36. The summed E-state index contributed by atoms with van der Waals surface area (Å²) in [7, 11) is 0. The van der Waals surface area contributed by atoms with Crippen LogP contribution < -0.4 is 5.32 Å². The zero-order valence-corrected chi connectivity index (χ0v) is 22.5. The van der Waals surface area contributed by atoms with Crippen molar-refractivity contribution in [3.8, 4) is 0 Å². The summed E-state index contributed by atoms with van der Waals surface area (Å²) in [4.78, 5) is 39.2. The number of benzene rings is 3. The maximum absolute atomic E-state index is 13.8. The molecule has 1 N–H and O–H groups in total. The molecule has 1 fully saturated rings. The van der Waals surface area contributed by atoms with Crippen molar-refractivity contribution in [3.63, 3.8) is 0 Å². The molecule has 0 spiro atoms. The van der Waals surface area contributed by atoms with E-state index in [-0.39, 0.29) is 0 Å². The number of anilines is 1. The van der Waals surface area contributed by atoms with E-state index in [1.165, 1.54) is 0 Å². The van der Waals surface area contributed by atoms with E-state index in [9.17, 15) is 14.4 Å². The molecule has 1 aliphatic heterocycles. The molecule has 0 aromatic heterocycles. The van der Waals surface area contributed by atoms with Crippen molar-refractivity contribution < 1.29 is 14.4 Å². The molecule has 7 rings (SSSR count). The van der Waals surface area contributed by atoms with Gasteiger partial charge in [-0.3, -0.25) is 19.3 Å². The average Bonchev–Trinajstić information content (AvgIpc) is 3.11. The van der Waals surface area contributed by atoms with Gasteiger partial charge in [-0.2, -0.15) is 0 Å². The van der Waals surface area contributed by atoms with Crippen molar-refractivity contribution >= 4 is 62.5 Å². The van der Waals surface area contributed by atoms with Crippen molar-refractivity contribution in [2.45, 2.75) is 23.6 Å². The molecule has 0 radical (unpaired) electrons. The van der Waals surface area contributed by atoms with Gasteiger partial charge in [-0.25, -0.2) is 0 Å². The Balaban J connectivity index is 1.40. The van der Waals surface area contributed by atoms with Gasteiger partial charge in [0, 0.05) is 10.2 Å². The molecule has 1 saturated heterocycles. The van der Waals surface area contributed by atoms with Crippen LogP contribution >= 0.6 is 39.1 Å². The van der Waals surface area contributed by atoms with Gasteiger partial charge in [0.2, 0.25) is 17.7 Å². The Morgan fingerprint density at radius 1 is 0.861 bits per heavy atom. The molecule has 3 aromatic rings. The lowest BCUT2D eigenvalue weighted by Gasteiger charge is -2.54. The van der Waals surface area contributed by atoms with Crippen LogP contribution in [0.3, 0.4) is 0 Å². The van der Waals surface area contributed by atoms with Gasteiger partial charge < -0.3 is 5.32 Å². The van der Waals surface area contributed by atoms with Crippen molar-refractivity contribution in [1.29, 1.82) is 0 Å². The minimum Gasteiger partial charge on any atom is -0.324 e. The van der Waals surface area contributed by atoms with Crippen molar-refractivity contribution in [2.24, 2.45) is 11.8 Å². The van der Waals surface area contributed by atoms with Crippen LogP contribution in [0.4, 0.5) is 5.69 Å². The number of hydrogen-bond donors (Lipinski definition) is 1. The van der Waals surface area contributed by atoms with E-state index in [0.29, 0.717) is 5.69 Å². The number of likely N-dealkylation sites (tertiary alicyclic amines) is 1. The first-order valence-electron chi connectivity index (χ1n) is 11.6. The van der Waals surface area contributed by atoms with Crippen LogP contribution in [0.5, 0.6) is 0 Å². The molecule has 1 heterocycles. The van der Waals surface area contributed by atoms with Crippen molar-refractivity contribution in [3.05, 3.63) is 98.5 Å². The fraction of sp³-hybridized carbons (Fsp3) is 0.250. The van der Waals surface area contributed by atoms with E-state index < -0.39 is 45.9 Å². The lowest BCUT2D eigenvalue weighted by molar-refractivity contribution is -0.142. The standard InChI is InChI=1S/C28H21BrCl2N2O3/c1-14-12-21(15(2)11-20(14)29)32-22(34)13-33-25(35)23-24(26(33)36)28(31)17-8-4-3-7-16(17)27(23,30)18-9-5-6-10-19(18)28/h3-12,23-24H,13H2,1-2H3,(H,32,34)/t23-,24-,27?,28?/m1/s1. The summed E-state index contributed by atoms with van der Waals surface area (Å²) in [5, 5.41) is 2.85. The summed E-state index contributed by atoms with van der Waals surface area (Å²) in [6.07, 6.45) is 0. The average molecular weight is 584 g/mol. The molecule has 3 aromatic carbocycles. The summed E-state index contributed by atoms with van der Waals surface area (Å²) < 4.78 is 0.932. The maximum Gasteiger partial charge on any atom is 0.244 e. The predicted molar refractivity (Wildman–Crippen MR) is 142 cm³/mol. The number of carbonyl (C=O) groups is 3. The minimum absolute atomic E-state index is 0.411. The first kappa shape index (κ1) is 23.7. The fourth-order valence-corrected chi connectivity index (χ4v) is 7.69. The van der Waals surface area contributed by atoms with E-state index in [2.05, 4.69) is 21.2 Å². The van der Waals surface area contributed by atoms with Crippen LogP contribution in [0, 0.1) is 25.7 Å². The molecule has 0 saturated carbocycles. The number of carbonyl (C=O) groups excluding carboxylic acids is 3. The molecular weight excluding hydrogens is 563 g/mol. The molecular formula is C28H21BrCl2N2O3. The van der Waals surface area contributed by atoms with Gasteiger partial charge in [0.25, 0.3) is 0 Å². The Morgan fingerprint density at radius 2 is 1.31 bits per heavy atom. The Labute approximate surface area is 226 Å². The van der Waals surface area contributed by atoms with E-state index in [1.807, 2.05) is 74.5 Å². The van der Waals surface area contributed by atoms with Gasteiger partial charge in [-0.1, -0.05) is 64.5 Å². The second-order valence-electron chi connectivity index (χ2n) is 9.70. The highest BCUT2D eigenvalue weighted by atomic mass is 79.9. The molecule has 8 heteroatoms. The quantitative estimate of drug-likeness (QED) is 0.322. The topological polar surface area (TPSA) is 66.5 Å². The second kappa shape index (κ2) is 7.91. The van der Waals surface area contributed by atoms with Gasteiger partial charge in [-0.05, 0) is 59.4 Å². The number of halogens is 3. The molecule has 0 unspecified atom stereocenters. The van der Waals surface area contributed by atoms with Crippen molar-refractivity contribution in [2.75, 3.05) is 11.9 Å². The fourth-order valence-electron chi connectivity index (χ4n) is 6.13. The lowest BCUT2D eigenvalue weighted by atomic mass is 9.54. The Hall–Kier alpha value is -2.67. The van der Waals surface area contributed by atoms with Crippen LogP contribution in [-0.4, -0.2) is 29.2 Å². The number of amides is 3. The number of imide groups is 1. The van der Waals surface area contributed by atoms with Gasteiger partial charge in [0.05, 0.1) is 11.8 Å². The number of alkyl halides is 2. The molecule has 3 aliphatic carbocycles. The molecule has 36 heavy (non-hydrogen) atoms. The highest BCUT2D eigenvalue weighted by Gasteiger charge is 2.73. The third-order valence-corrected chi connectivity index (χ3v) is 9.90. The highest BCUT2D eigenvalue weighted by Crippen LogP contribution is 2.69. The predicted octanol–water partition coefficient (Wildman–Crippen LogP) is 5.60. The van der Waals surface area contributed by atoms with Crippen LogP contribution in [0.15, 0.2) is 65.1 Å². The molecule has 2 atom stereocenters. The summed E-state index contributed by atoms with van der Waals surface area (Å²) in [6, 6.07) is 18.7. The second-order valence-corrected chi connectivity index (χ2v) is 11.7. The number of nitrogens with zero attached hydrogens (tertiary/aromatic N) is 1. The number of rotatable bonds is 3. The van der Waals surface area contributed by atoms with Crippen LogP contribution in [0.2, 0.25) is 0 Å². The Morgan fingerprint density at radius 3 is 1.75 bits per heavy atom. The normalized spacial score (nSPS) is 27.5. The Kier molecular flexibility index (Phi) is 5.21. The molecule has 2 bridgehead atoms. The van der Waals surface area contributed by atoms with Crippen LogP contribution in [0.1, 0.15) is 33.4 Å². The van der Waals surface area contributed by atoms with Gasteiger partial charge in [-0.15, -0.1) is 23.2 Å². The zero-order valence-electron chi connectivity index (χ0n) is 19.4. The number of hydrogen-bond acceptors (Lipinski definition) is 3. The monoisotopic (exact) mass is 582 g/mol. The largest absolute Gasteiger partial charge is 0.324 e. The first-order chi connectivity index (χ1) is 17.1. The van der Waals surface area contributed by atoms with E-state index in [0.717, 1.165) is 42.8 Å². The van der Waals surface area contributed by atoms with E-state index in [4.69, 9.17) is 23.2 Å². The lowest BCUT2D eigenvalue weighted by Crippen LogP contribution is -2.57. The summed E-state index contributed by atoms with van der Waals surface area (Å²) in [5.74, 6) is -3.26. The minimum atomic E-state index is -1.26.